The summed E-state index contributed by atoms with van der Waals surface area (Å²) in [5, 5.41) is 2.66. The van der Waals surface area contributed by atoms with Gasteiger partial charge in [0.25, 0.3) is 15.9 Å². The molecule has 2 N–H and O–H groups in total. The van der Waals surface area contributed by atoms with Gasteiger partial charge in [-0.1, -0.05) is 23.2 Å². The van der Waals surface area contributed by atoms with Gasteiger partial charge in [-0.15, -0.1) is 0 Å². The van der Waals surface area contributed by atoms with E-state index >= 15 is 0 Å². The van der Waals surface area contributed by atoms with Gasteiger partial charge in [0.15, 0.2) is 6.61 Å². The van der Waals surface area contributed by atoms with Crippen LogP contribution in [0, 0.1) is 6.92 Å². The van der Waals surface area contributed by atoms with Gasteiger partial charge in [-0.05, 0) is 73.2 Å². The van der Waals surface area contributed by atoms with Crippen molar-refractivity contribution >= 4 is 50.5 Å². The first kappa shape index (κ1) is 25.7. The number of sulfonamides is 1. The zero-order valence-corrected chi connectivity index (χ0v) is 19.7. The number of carbonyl (C=O) groups excluding carboxylic acids is 1. The van der Waals surface area contributed by atoms with E-state index in [1.54, 1.807) is 19.1 Å². The molecule has 0 fully saturated rings. The Hall–Kier alpha value is -2.95. The zero-order chi connectivity index (χ0) is 25.1. The van der Waals surface area contributed by atoms with E-state index in [0.29, 0.717) is 16.3 Å². The Balaban J connectivity index is 1.66. The van der Waals surface area contributed by atoms with E-state index in [0.717, 1.165) is 18.2 Å². The van der Waals surface area contributed by atoms with Crippen LogP contribution in [0.15, 0.2) is 65.6 Å². The predicted octanol–water partition coefficient (Wildman–Crippen LogP) is 6.14. The van der Waals surface area contributed by atoms with E-state index in [4.69, 9.17) is 27.9 Å². The highest BCUT2D eigenvalue weighted by molar-refractivity contribution is 7.92. The Labute approximate surface area is 203 Å². The molecule has 0 aliphatic carbocycles. The number of nitrogens with one attached hydrogen (secondary N) is 2. The number of aryl methyl sites for hydroxylation is 1. The lowest BCUT2D eigenvalue weighted by molar-refractivity contribution is -0.137. The van der Waals surface area contributed by atoms with Crippen molar-refractivity contribution in [3.8, 4) is 5.75 Å². The van der Waals surface area contributed by atoms with Crippen molar-refractivity contribution in [2.45, 2.75) is 18.0 Å². The molecule has 0 aromatic heterocycles. The number of carbonyl (C=O) groups is 1. The maximum absolute atomic E-state index is 12.9. The summed E-state index contributed by atoms with van der Waals surface area (Å²) in [6.07, 6.45) is -4.60. The summed E-state index contributed by atoms with van der Waals surface area (Å²) in [4.78, 5) is 12.1. The van der Waals surface area contributed by atoms with Crippen LogP contribution in [0.4, 0.5) is 24.5 Å². The van der Waals surface area contributed by atoms with E-state index < -0.39 is 34.3 Å². The van der Waals surface area contributed by atoms with Crippen molar-refractivity contribution in [3.63, 3.8) is 0 Å². The van der Waals surface area contributed by atoms with Gasteiger partial charge >= 0.3 is 6.18 Å². The fourth-order valence-electron chi connectivity index (χ4n) is 2.81. The first-order valence-electron chi connectivity index (χ1n) is 9.53. The predicted molar refractivity (Wildman–Crippen MR) is 124 cm³/mol. The molecular formula is C22H17Cl2F3N2O4S. The average Bonchev–Trinajstić information content (AvgIpc) is 2.75. The molecule has 0 aliphatic rings. The largest absolute Gasteiger partial charge is 0.483 e. The molecule has 0 saturated heterocycles. The molecule has 0 unspecified atom stereocenters. The lowest BCUT2D eigenvalue weighted by atomic mass is 10.2. The molecule has 180 valence electrons. The third kappa shape index (κ3) is 6.55. The standard InChI is InChI=1S/C22H17Cl2F3N2O4S/c1-13-10-17(34(31,32)29-16-5-3-15(23)4-6-16)7-9-20(13)33-12-21(30)28-19-11-14(22(25,26)27)2-8-18(19)24/h2-11,29H,12H2,1H3,(H,28,30). The van der Waals surface area contributed by atoms with Gasteiger partial charge in [-0.25, -0.2) is 8.42 Å². The highest BCUT2D eigenvalue weighted by atomic mass is 35.5. The number of benzene rings is 3. The Bertz CT molecular complexity index is 1310. The van der Waals surface area contributed by atoms with Gasteiger partial charge in [-0.2, -0.15) is 13.2 Å². The highest BCUT2D eigenvalue weighted by Gasteiger charge is 2.31. The average molecular weight is 533 g/mol. The fourth-order valence-corrected chi connectivity index (χ4v) is 4.24. The molecule has 0 radical (unpaired) electrons. The second-order valence-corrected chi connectivity index (χ2v) is 9.59. The van der Waals surface area contributed by atoms with Crippen molar-refractivity contribution in [2.75, 3.05) is 16.6 Å². The monoisotopic (exact) mass is 532 g/mol. The van der Waals surface area contributed by atoms with Crippen molar-refractivity contribution in [1.82, 2.24) is 0 Å². The van der Waals surface area contributed by atoms with Gasteiger partial charge in [0, 0.05) is 10.7 Å². The summed E-state index contributed by atoms with van der Waals surface area (Å²) in [6.45, 7) is 1.04. The SMILES string of the molecule is Cc1cc(S(=O)(=O)Nc2ccc(Cl)cc2)ccc1OCC(=O)Nc1cc(C(F)(F)F)ccc1Cl. The number of halogens is 5. The number of amides is 1. The van der Waals surface area contributed by atoms with Gasteiger partial charge in [0.1, 0.15) is 5.75 Å². The molecule has 34 heavy (non-hydrogen) atoms. The van der Waals surface area contributed by atoms with Crippen molar-refractivity contribution < 1.29 is 31.1 Å². The minimum Gasteiger partial charge on any atom is -0.483 e. The second-order valence-electron chi connectivity index (χ2n) is 7.07. The Kier molecular flexibility index (Phi) is 7.64. The number of rotatable bonds is 7. The van der Waals surface area contributed by atoms with Gasteiger partial charge < -0.3 is 10.1 Å². The van der Waals surface area contributed by atoms with Crippen molar-refractivity contribution in [2.24, 2.45) is 0 Å². The quantitative estimate of drug-likeness (QED) is 0.382. The van der Waals surface area contributed by atoms with E-state index in [2.05, 4.69) is 10.0 Å². The van der Waals surface area contributed by atoms with Gasteiger partial charge in [-0.3, -0.25) is 9.52 Å². The maximum Gasteiger partial charge on any atom is 0.416 e. The fraction of sp³-hybridized carbons (Fsp3) is 0.136. The maximum atomic E-state index is 12.9. The first-order chi connectivity index (χ1) is 15.8. The topological polar surface area (TPSA) is 84.5 Å². The molecule has 6 nitrogen and oxygen atoms in total. The lowest BCUT2D eigenvalue weighted by Gasteiger charge is -2.14. The van der Waals surface area contributed by atoms with Crippen LogP contribution in [0.1, 0.15) is 11.1 Å². The summed E-state index contributed by atoms with van der Waals surface area (Å²) in [5.74, 6) is -0.530. The number of hydrogen-bond acceptors (Lipinski definition) is 4. The van der Waals surface area contributed by atoms with Crippen LogP contribution in [0.2, 0.25) is 10.0 Å². The molecule has 0 spiro atoms. The summed E-state index contributed by atoms with van der Waals surface area (Å²) < 4.78 is 71.7. The van der Waals surface area contributed by atoms with E-state index in [1.807, 2.05) is 0 Å². The smallest absolute Gasteiger partial charge is 0.416 e. The molecule has 0 bridgehead atoms. The van der Waals surface area contributed by atoms with E-state index in [9.17, 15) is 26.4 Å². The van der Waals surface area contributed by atoms with Crippen LogP contribution < -0.4 is 14.8 Å². The van der Waals surface area contributed by atoms with Gasteiger partial charge in [0.2, 0.25) is 0 Å². The molecule has 3 aromatic rings. The van der Waals surface area contributed by atoms with Crippen LogP contribution >= 0.6 is 23.2 Å². The number of anilines is 2. The molecule has 0 saturated carbocycles. The summed E-state index contributed by atoms with van der Waals surface area (Å²) in [6, 6.07) is 12.7. The number of ether oxygens (including phenoxy) is 1. The van der Waals surface area contributed by atoms with Crippen LogP contribution in [-0.4, -0.2) is 20.9 Å². The normalized spacial score (nSPS) is 11.7. The Morgan fingerprint density at radius 3 is 2.29 bits per heavy atom. The number of alkyl halides is 3. The molecule has 1 amide bonds. The molecule has 3 rings (SSSR count). The molecule has 3 aromatic carbocycles. The zero-order valence-electron chi connectivity index (χ0n) is 17.4. The van der Waals surface area contributed by atoms with Gasteiger partial charge in [0.05, 0.1) is 21.2 Å². The van der Waals surface area contributed by atoms with Crippen LogP contribution in [0.5, 0.6) is 5.75 Å². The third-order valence-corrected chi connectivity index (χ3v) is 6.44. The molecule has 0 heterocycles. The van der Waals surface area contributed by atoms with E-state index in [1.165, 1.54) is 30.3 Å². The summed E-state index contributed by atoms with van der Waals surface area (Å²) in [7, 11) is -3.89. The molecule has 0 aliphatic heterocycles. The highest BCUT2D eigenvalue weighted by Crippen LogP contribution is 2.34. The first-order valence-corrected chi connectivity index (χ1v) is 11.8. The summed E-state index contributed by atoms with van der Waals surface area (Å²) in [5.41, 5.74) is -0.430. The van der Waals surface area contributed by atoms with Crippen LogP contribution in [0.3, 0.4) is 0 Å². The van der Waals surface area contributed by atoms with Crippen molar-refractivity contribution in [1.29, 1.82) is 0 Å². The summed E-state index contributed by atoms with van der Waals surface area (Å²) >= 11 is 11.7. The minimum atomic E-state index is -4.60. The Morgan fingerprint density at radius 2 is 1.68 bits per heavy atom. The molecule has 12 heteroatoms. The Morgan fingerprint density at radius 1 is 1.00 bits per heavy atom. The minimum absolute atomic E-state index is 0.0347. The molecule has 0 atom stereocenters. The third-order valence-electron chi connectivity index (χ3n) is 4.48. The number of hydrogen-bond donors (Lipinski definition) is 2. The van der Waals surface area contributed by atoms with E-state index in [-0.39, 0.29) is 21.4 Å². The van der Waals surface area contributed by atoms with Crippen molar-refractivity contribution in [3.05, 3.63) is 81.8 Å². The molecular weight excluding hydrogens is 516 g/mol. The van der Waals surface area contributed by atoms with Crippen LogP contribution in [-0.2, 0) is 21.0 Å². The van der Waals surface area contributed by atoms with Crippen LogP contribution in [0.25, 0.3) is 0 Å². The lowest BCUT2D eigenvalue weighted by Crippen LogP contribution is -2.21. The second kappa shape index (κ2) is 10.1.